The number of sulfonamides is 1. The van der Waals surface area contributed by atoms with Crippen molar-refractivity contribution in [2.75, 3.05) is 31.3 Å². The van der Waals surface area contributed by atoms with Crippen molar-refractivity contribution in [2.24, 2.45) is 0 Å². The van der Waals surface area contributed by atoms with Crippen LogP contribution >= 0.6 is 0 Å². The van der Waals surface area contributed by atoms with Crippen LogP contribution in [0.4, 0.5) is 5.69 Å². The number of carbonyl (C=O) groups is 1. The van der Waals surface area contributed by atoms with Gasteiger partial charge in [0.05, 0.1) is 26.2 Å². The molecule has 1 aliphatic rings. The molecule has 1 amide bonds. The number of hydrogen-bond donors (Lipinski definition) is 0. The normalized spacial score (nSPS) is 14.7. The molecular formula is C21H26N2O5S. The van der Waals surface area contributed by atoms with Gasteiger partial charge in [-0.2, -0.15) is 0 Å². The largest absolute Gasteiger partial charge is 0.497 e. The predicted molar refractivity (Wildman–Crippen MR) is 112 cm³/mol. The number of carbonyl (C=O) groups excluding carboxylic acids is 1. The fraction of sp³-hybridized carbons (Fsp3) is 0.381. The summed E-state index contributed by atoms with van der Waals surface area (Å²) in [5.74, 6) is 0.565. The molecule has 0 saturated heterocycles. The molecule has 0 saturated carbocycles. The van der Waals surface area contributed by atoms with E-state index in [-0.39, 0.29) is 11.6 Å². The second-order valence-electron chi connectivity index (χ2n) is 7.05. The van der Waals surface area contributed by atoms with Crippen molar-refractivity contribution >= 4 is 21.6 Å². The smallest absolute Gasteiger partial charge is 0.246 e. The van der Waals surface area contributed by atoms with E-state index < -0.39 is 16.1 Å². The molecule has 8 heteroatoms. The first-order valence-electron chi connectivity index (χ1n) is 9.33. The molecule has 156 valence electrons. The number of benzene rings is 2. The van der Waals surface area contributed by atoms with Gasteiger partial charge in [0.15, 0.2) is 0 Å². The highest BCUT2D eigenvalue weighted by molar-refractivity contribution is 7.92. The SMILES string of the molecule is COc1ccc(OC)c(N([C@@H](C)C(=O)N2CCc3ccccc3C2)S(C)(=O)=O)c1. The molecule has 3 rings (SSSR count). The van der Waals surface area contributed by atoms with Gasteiger partial charge in [-0.1, -0.05) is 24.3 Å². The van der Waals surface area contributed by atoms with Crippen molar-refractivity contribution in [3.05, 3.63) is 53.6 Å². The zero-order valence-electron chi connectivity index (χ0n) is 17.1. The van der Waals surface area contributed by atoms with Crippen molar-refractivity contribution < 1.29 is 22.7 Å². The highest BCUT2D eigenvalue weighted by Crippen LogP contribution is 2.35. The van der Waals surface area contributed by atoms with Crippen molar-refractivity contribution in [2.45, 2.75) is 25.9 Å². The summed E-state index contributed by atoms with van der Waals surface area (Å²) < 4.78 is 37.1. The Kier molecular flexibility index (Phi) is 6.02. The average Bonchev–Trinajstić information content (AvgIpc) is 2.71. The number of methoxy groups -OCH3 is 2. The topological polar surface area (TPSA) is 76.2 Å². The third-order valence-corrected chi connectivity index (χ3v) is 6.36. The fourth-order valence-corrected chi connectivity index (χ4v) is 4.86. The summed E-state index contributed by atoms with van der Waals surface area (Å²) in [6, 6.07) is 11.9. The molecule has 7 nitrogen and oxygen atoms in total. The summed E-state index contributed by atoms with van der Waals surface area (Å²) in [5, 5.41) is 0. The Morgan fingerprint density at radius 2 is 1.79 bits per heavy atom. The van der Waals surface area contributed by atoms with Crippen LogP contribution in [0.15, 0.2) is 42.5 Å². The van der Waals surface area contributed by atoms with Crippen LogP contribution in [0.5, 0.6) is 11.5 Å². The second-order valence-corrected chi connectivity index (χ2v) is 8.91. The first-order valence-corrected chi connectivity index (χ1v) is 11.2. The Labute approximate surface area is 171 Å². The second kappa shape index (κ2) is 8.32. The fourth-order valence-electron chi connectivity index (χ4n) is 3.69. The van der Waals surface area contributed by atoms with Gasteiger partial charge in [-0.05, 0) is 36.6 Å². The van der Waals surface area contributed by atoms with Crippen LogP contribution in [0.2, 0.25) is 0 Å². The number of rotatable bonds is 6. The third kappa shape index (κ3) is 4.32. The molecule has 1 atom stereocenters. The summed E-state index contributed by atoms with van der Waals surface area (Å²) in [5.41, 5.74) is 2.58. The third-order valence-electron chi connectivity index (χ3n) is 5.13. The van der Waals surface area contributed by atoms with Crippen LogP contribution in [-0.2, 0) is 27.8 Å². The summed E-state index contributed by atoms with van der Waals surface area (Å²) in [6.07, 6.45) is 1.83. The first-order chi connectivity index (χ1) is 13.8. The summed E-state index contributed by atoms with van der Waals surface area (Å²) in [4.78, 5) is 15.0. The maximum absolute atomic E-state index is 13.3. The molecule has 0 aliphatic carbocycles. The van der Waals surface area contributed by atoms with Gasteiger partial charge in [-0.15, -0.1) is 0 Å². The van der Waals surface area contributed by atoms with E-state index in [1.807, 2.05) is 18.2 Å². The molecule has 1 heterocycles. The molecule has 2 aromatic rings. The lowest BCUT2D eigenvalue weighted by Crippen LogP contribution is -2.50. The molecular weight excluding hydrogens is 392 g/mol. The molecule has 0 unspecified atom stereocenters. The highest BCUT2D eigenvalue weighted by Gasteiger charge is 2.35. The maximum atomic E-state index is 13.3. The van der Waals surface area contributed by atoms with Crippen LogP contribution in [0.3, 0.4) is 0 Å². The van der Waals surface area contributed by atoms with Crippen molar-refractivity contribution in [1.82, 2.24) is 4.90 Å². The highest BCUT2D eigenvalue weighted by atomic mass is 32.2. The summed E-state index contributed by atoms with van der Waals surface area (Å²) in [7, 11) is -0.814. The Hall–Kier alpha value is -2.74. The molecule has 0 N–H and O–H groups in total. The van der Waals surface area contributed by atoms with E-state index in [1.165, 1.54) is 19.8 Å². The number of hydrogen-bond acceptors (Lipinski definition) is 5. The van der Waals surface area contributed by atoms with Gasteiger partial charge >= 0.3 is 0 Å². The van der Waals surface area contributed by atoms with Crippen molar-refractivity contribution in [3.63, 3.8) is 0 Å². The van der Waals surface area contributed by atoms with E-state index in [9.17, 15) is 13.2 Å². The molecule has 29 heavy (non-hydrogen) atoms. The van der Waals surface area contributed by atoms with Crippen LogP contribution in [0.25, 0.3) is 0 Å². The quantitative estimate of drug-likeness (QED) is 0.720. The number of ether oxygens (including phenoxy) is 2. The predicted octanol–water partition coefficient (Wildman–Crippen LogP) is 2.44. The van der Waals surface area contributed by atoms with Gasteiger partial charge in [0.2, 0.25) is 15.9 Å². The lowest BCUT2D eigenvalue weighted by atomic mass is 9.99. The van der Waals surface area contributed by atoms with Gasteiger partial charge < -0.3 is 14.4 Å². The first kappa shape index (κ1) is 21.0. The lowest BCUT2D eigenvalue weighted by Gasteiger charge is -2.35. The van der Waals surface area contributed by atoms with E-state index in [1.54, 1.807) is 30.0 Å². The Morgan fingerprint density at radius 1 is 1.10 bits per heavy atom. The van der Waals surface area contributed by atoms with E-state index >= 15 is 0 Å². The minimum absolute atomic E-state index is 0.255. The Balaban J connectivity index is 1.95. The summed E-state index contributed by atoms with van der Waals surface area (Å²) in [6.45, 7) is 2.61. The van der Waals surface area contributed by atoms with Gasteiger partial charge in [-0.25, -0.2) is 8.42 Å². The van der Waals surface area contributed by atoms with E-state index in [4.69, 9.17) is 9.47 Å². The van der Waals surface area contributed by atoms with E-state index in [0.29, 0.717) is 24.6 Å². The Morgan fingerprint density at radius 3 is 2.41 bits per heavy atom. The molecule has 1 aliphatic heterocycles. The van der Waals surface area contributed by atoms with Crippen LogP contribution in [-0.4, -0.2) is 52.3 Å². The van der Waals surface area contributed by atoms with Gasteiger partial charge in [0.25, 0.3) is 0 Å². The minimum Gasteiger partial charge on any atom is -0.497 e. The van der Waals surface area contributed by atoms with Crippen LogP contribution in [0, 0.1) is 0 Å². The number of anilines is 1. The number of amides is 1. The van der Waals surface area contributed by atoms with E-state index in [2.05, 4.69) is 6.07 Å². The maximum Gasteiger partial charge on any atom is 0.246 e. The van der Waals surface area contributed by atoms with E-state index in [0.717, 1.165) is 22.5 Å². The molecule has 0 spiro atoms. The van der Waals surface area contributed by atoms with Gasteiger partial charge in [0.1, 0.15) is 17.5 Å². The summed E-state index contributed by atoms with van der Waals surface area (Å²) >= 11 is 0. The van der Waals surface area contributed by atoms with Gasteiger partial charge in [-0.3, -0.25) is 9.10 Å². The van der Waals surface area contributed by atoms with Crippen LogP contribution in [0.1, 0.15) is 18.1 Å². The van der Waals surface area contributed by atoms with Crippen molar-refractivity contribution in [3.8, 4) is 11.5 Å². The van der Waals surface area contributed by atoms with Gasteiger partial charge in [0, 0.05) is 19.2 Å². The zero-order valence-corrected chi connectivity index (χ0v) is 17.9. The standard InChI is InChI=1S/C21H26N2O5S/c1-15(21(24)22-12-11-16-7-5-6-8-17(16)14-22)23(29(4,25)26)19-13-18(27-2)9-10-20(19)28-3/h5-10,13,15H,11-12,14H2,1-4H3/t15-/m0/s1. The lowest BCUT2D eigenvalue weighted by molar-refractivity contribution is -0.132. The number of fused-ring (bicyclic) bond motifs is 1. The molecule has 0 bridgehead atoms. The average molecular weight is 419 g/mol. The van der Waals surface area contributed by atoms with Crippen LogP contribution < -0.4 is 13.8 Å². The molecule has 0 radical (unpaired) electrons. The molecule has 0 fully saturated rings. The zero-order chi connectivity index (χ0) is 21.2. The molecule has 2 aromatic carbocycles. The number of nitrogens with zero attached hydrogens (tertiary/aromatic N) is 2. The monoisotopic (exact) mass is 418 g/mol. The van der Waals surface area contributed by atoms with Crippen molar-refractivity contribution in [1.29, 1.82) is 0 Å². The Bertz CT molecular complexity index is 1010. The molecule has 0 aromatic heterocycles. The minimum atomic E-state index is -3.77.